The molecule has 2 aromatic rings. The van der Waals surface area contributed by atoms with Gasteiger partial charge in [-0.05, 0) is 50.3 Å². The van der Waals surface area contributed by atoms with Gasteiger partial charge in [0, 0.05) is 44.2 Å². The molecule has 0 radical (unpaired) electrons. The van der Waals surface area contributed by atoms with Crippen molar-refractivity contribution in [1.82, 2.24) is 14.8 Å². The number of hydrogen-bond donors (Lipinski definition) is 0. The van der Waals surface area contributed by atoms with Gasteiger partial charge in [-0.25, -0.2) is 0 Å². The first-order valence-corrected chi connectivity index (χ1v) is 9.51. The predicted octanol–water partition coefficient (Wildman–Crippen LogP) is 2.73. The minimum absolute atomic E-state index is 0.0828. The predicted molar refractivity (Wildman–Crippen MR) is 101 cm³/mol. The number of pyridine rings is 1. The molecular formula is C21H25N3O2. The second-order valence-corrected chi connectivity index (χ2v) is 7.44. The molecule has 0 saturated carbocycles. The molecule has 0 spiro atoms. The third kappa shape index (κ3) is 2.96. The summed E-state index contributed by atoms with van der Waals surface area (Å²) in [5.74, 6) is 0.184. The lowest BCUT2D eigenvalue weighted by molar-refractivity contribution is -0.130. The second-order valence-electron chi connectivity index (χ2n) is 7.44. The van der Waals surface area contributed by atoms with Gasteiger partial charge in [-0.2, -0.15) is 0 Å². The first kappa shape index (κ1) is 17.0. The topological polar surface area (TPSA) is 53.5 Å². The maximum absolute atomic E-state index is 13.5. The van der Waals surface area contributed by atoms with E-state index in [9.17, 15) is 9.59 Å². The fourth-order valence-corrected chi connectivity index (χ4v) is 4.16. The largest absolute Gasteiger partial charge is 0.339 e. The van der Waals surface area contributed by atoms with Gasteiger partial charge in [0.2, 0.25) is 5.91 Å². The summed E-state index contributed by atoms with van der Waals surface area (Å²) in [6.45, 7) is 6.08. The van der Waals surface area contributed by atoms with Gasteiger partial charge in [-0.15, -0.1) is 0 Å². The molecule has 26 heavy (non-hydrogen) atoms. The number of hydrogen-bond acceptors (Lipinski definition) is 3. The first-order chi connectivity index (χ1) is 12.5. The van der Waals surface area contributed by atoms with E-state index < -0.39 is 0 Å². The molecule has 1 aromatic carbocycles. The highest BCUT2D eigenvalue weighted by atomic mass is 16.2. The molecule has 0 bridgehead atoms. The van der Waals surface area contributed by atoms with Crippen molar-refractivity contribution in [3.05, 3.63) is 40.6 Å². The van der Waals surface area contributed by atoms with Crippen molar-refractivity contribution in [2.45, 2.75) is 39.5 Å². The van der Waals surface area contributed by atoms with Crippen LogP contribution in [0.1, 0.15) is 46.9 Å². The van der Waals surface area contributed by atoms with Gasteiger partial charge in [0.05, 0.1) is 11.1 Å². The Morgan fingerprint density at radius 1 is 1.00 bits per heavy atom. The molecule has 136 valence electrons. The van der Waals surface area contributed by atoms with Gasteiger partial charge < -0.3 is 9.80 Å². The molecular weight excluding hydrogens is 326 g/mol. The Morgan fingerprint density at radius 2 is 1.69 bits per heavy atom. The maximum atomic E-state index is 13.5. The molecule has 1 aromatic heterocycles. The summed E-state index contributed by atoms with van der Waals surface area (Å²) in [7, 11) is 0. The number of carbonyl (C=O) groups excluding carboxylic acids is 2. The fraction of sp³-hybridized carbons (Fsp3) is 0.476. The van der Waals surface area contributed by atoms with E-state index >= 15 is 0 Å². The third-order valence-corrected chi connectivity index (χ3v) is 5.64. The minimum atomic E-state index is 0.0828. The van der Waals surface area contributed by atoms with Crippen LogP contribution in [0.15, 0.2) is 18.2 Å². The lowest BCUT2D eigenvalue weighted by atomic mass is 9.89. The summed E-state index contributed by atoms with van der Waals surface area (Å²) in [6.07, 6.45) is 4.14. The van der Waals surface area contributed by atoms with Crippen LogP contribution in [0.5, 0.6) is 0 Å². The zero-order valence-corrected chi connectivity index (χ0v) is 15.5. The summed E-state index contributed by atoms with van der Waals surface area (Å²) < 4.78 is 0. The van der Waals surface area contributed by atoms with Gasteiger partial charge >= 0.3 is 0 Å². The van der Waals surface area contributed by atoms with Crippen LogP contribution in [-0.2, 0) is 17.6 Å². The van der Waals surface area contributed by atoms with E-state index in [0.717, 1.165) is 59.0 Å². The van der Waals surface area contributed by atoms with Gasteiger partial charge in [0.15, 0.2) is 0 Å². The summed E-state index contributed by atoms with van der Waals surface area (Å²) >= 11 is 0. The Balaban J connectivity index is 1.76. The van der Waals surface area contributed by atoms with E-state index in [1.807, 2.05) is 15.9 Å². The molecule has 0 N–H and O–H groups in total. The number of aryl methyl sites for hydroxylation is 2. The number of rotatable bonds is 1. The fourth-order valence-electron chi connectivity index (χ4n) is 4.16. The van der Waals surface area contributed by atoms with E-state index in [4.69, 9.17) is 4.98 Å². The molecule has 1 aliphatic carbocycles. The summed E-state index contributed by atoms with van der Waals surface area (Å²) in [5, 5.41) is 0.977. The van der Waals surface area contributed by atoms with Crippen molar-refractivity contribution in [1.29, 1.82) is 0 Å². The molecule has 2 heterocycles. The zero-order valence-electron chi connectivity index (χ0n) is 15.5. The highest BCUT2D eigenvalue weighted by Crippen LogP contribution is 2.31. The van der Waals surface area contributed by atoms with Crippen molar-refractivity contribution in [3.8, 4) is 0 Å². The van der Waals surface area contributed by atoms with Crippen LogP contribution >= 0.6 is 0 Å². The average molecular weight is 351 g/mol. The standard InChI is InChI=1S/C21H25N3O2/c1-14-7-8-19-17(13-14)20(16-5-3-4-6-18(16)22-19)21(26)24-11-9-23(10-12-24)15(2)25/h7-8,13H,3-6,9-12H2,1-2H3. The number of amides is 2. The van der Waals surface area contributed by atoms with Gasteiger partial charge in [0.1, 0.15) is 0 Å². The lowest BCUT2D eigenvalue weighted by Gasteiger charge is -2.35. The summed E-state index contributed by atoms with van der Waals surface area (Å²) in [4.78, 5) is 33.6. The third-order valence-electron chi connectivity index (χ3n) is 5.64. The van der Waals surface area contributed by atoms with Crippen molar-refractivity contribution in [3.63, 3.8) is 0 Å². The van der Waals surface area contributed by atoms with Crippen LogP contribution in [0.2, 0.25) is 0 Å². The van der Waals surface area contributed by atoms with Crippen molar-refractivity contribution in [2.24, 2.45) is 0 Å². The number of piperazine rings is 1. The van der Waals surface area contributed by atoms with E-state index in [1.54, 1.807) is 6.92 Å². The first-order valence-electron chi connectivity index (χ1n) is 9.51. The molecule has 1 fully saturated rings. The summed E-state index contributed by atoms with van der Waals surface area (Å²) in [5.41, 5.74) is 5.16. The van der Waals surface area contributed by atoms with Crippen LogP contribution in [0, 0.1) is 6.92 Å². The number of carbonyl (C=O) groups is 2. The number of nitrogens with zero attached hydrogens (tertiary/aromatic N) is 3. The van der Waals surface area contributed by atoms with Gasteiger partial charge in [-0.3, -0.25) is 14.6 Å². The molecule has 1 aliphatic heterocycles. The quantitative estimate of drug-likeness (QED) is 0.794. The lowest BCUT2D eigenvalue weighted by Crippen LogP contribution is -2.50. The van der Waals surface area contributed by atoms with Crippen LogP contribution < -0.4 is 0 Å². The van der Waals surface area contributed by atoms with Crippen LogP contribution in [0.3, 0.4) is 0 Å². The Labute approximate surface area is 154 Å². The molecule has 5 heteroatoms. The Morgan fingerprint density at radius 3 is 2.42 bits per heavy atom. The van der Waals surface area contributed by atoms with Crippen LogP contribution in [-0.4, -0.2) is 52.8 Å². The molecule has 0 unspecified atom stereocenters. The van der Waals surface area contributed by atoms with Crippen molar-refractivity contribution in [2.75, 3.05) is 26.2 Å². The number of benzene rings is 1. The highest BCUT2D eigenvalue weighted by Gasteiger charge is 2.28. The van der Waals surface area contributed by atoms with E-state index in [-0.39, 0.29) is 11.8 Å². The highest BCUT2D eigenvalue weighted by molar-refractivity contribution is 6.08. The maximum Gasteiger partial charge on any atom is 0.255 e. The minimum Gasteiger partial charge on any atom is -0.339 e. The molecule has 1 saturated heterocycles. The molecule has 2 aliphatic rings. The monoisotopic (exact) mass is 351 g/mol. The molecule has 0 atom stereocenters. The SMILES string of the molecule is CC(=O)N1CCN(C(=O)c2c3c(nc4ccc(C)cc24)CCCC3)CC1. The van der Waals surface area contributed by atoms with Crippen molar-refractivity contribution < 1.29 is 9.59 Å². The zero-order chi connectivity index (χ0) is 18.3. The normalized spacial score (nSPS) is 17.3. The molecule has 2 amide bonds. The van der Waals surface area contributed by atoms with Crippen LogP contribution in [0.25, 0.3) is 10.9 Å². The Kier molecular flexibility index (Phi) is 4.39. The van der Waals surface area contributed by atoms with E-state index in [2.05, 4.69) is 19.1 Å². The van der Waals surface area contributed by atoms with Gasteiger partial charge in [0.25, 0.3) is 5.91 Å². The van der Waals surface area contributed by atoms with E-state index in [0.29, 0.717) is 26.2 Å². The second kappa shape index (κ2) is 6.71. The number of fused-ring (bicyclic) bond motifs is 2. The molecule has 5 nitrogen and oxygen atoms in total. The van der Waals surface area contributed by atoms with Gasteiger partial charge in [-0.1, -0.05) is 11.6 Å². The van der Waals surface area contributed by atoms with Crippen LogP contribution in [0.4, 0.5) is 0 Å². The number of aromatic nitrogens is 1. The van der Waals surface area contributed by atoms with E-state index in [1.165, 1.54) is 0 Å². The Hall–Kier alpha value is -2.43. The average Bonchev–Trinajstić information content (AvgIpc) is 2.66. The smallest absolute Gasteiger partial charge is 0.255 e. The molecule has 4 rings (SSSR count). The Bertz CT molecular complexity index is 882. The summed E-state index contributed by atoms with van der Waals surface area (Å²) in [6, 6.07) is 6.19. The van der Waals surface area contributed by atoms with Crippen molar-refractivity contribution >= 4 is 22.7 Å².